The summed E-state index contributed by atoms with van der Waals surface area (Å²) in [5, 5.41) is 2.95. The number of hydrogen-bond acceptors (Lipinski definition) is 5. The van der Waals surface area contributed by atoms with Gasteiger partial charge in [-0.15, -0.1) is 0 Å². The lowest BCUT2D eigenvalue weighted by molar-refractivity contribution is 0.307. The van der Waals surface area contributed by atoms with Gasteiger partial charge in [-0.1, -0.05) is 54.1 Å². The molecule has 5 rings (SSSR count). The second-order valence-electron chi connectivity index (χ2n) is 9.11. The van der Waals surface area contributed by atoms with Crippen molar-refractivity contribution in [1.29, 1.82) is 0 Å². The Bertz CT molecular complexity index is 1400. The first-order valence-corrected chi connectivity index (χ1v) is 12.4. The van der Waals surface area contributed by atoms with Crippen LogP contribution in [0.5, 0.6) is 5.75 Å². The van der Waals surface area contributed by atoms with E-state index in [1.54, 1.807) is 6.33 Å². The normalized spacial score (nSPS) is 13.8. The molecule has 35 heavy (non-hydrogen) atoms. The number of nitrogens with zero attached hydrogens (tertiary/aromatic N) is 3. The van der Waals surface area contributed by atoms with Gasteiger partial charge < -0.3 is 15.4 Å². The highest BCUT2D eigenvalue weighted by Gasteiger charge is 2.23. The van der Waals surface area contributed by atoms with Crippen LogP contribution in [0, 0.1) is 0 Å². The minimum absolute atomic E-state index is 0.322. The number of anilines is 2. The van der Waals surface area contributed by atoms with Gasteiger partial charge in [0.05, 0.1) is 5.56 Å². The number of fused-ring (bicyclic) bond motifs is 2. The van der Waals surface area contributed by atoms with Gasteiger partial charge >= 0.3 is 0 Å². The minimum Gasteiger partial charge on any atom is -0.489 e. The van der Waals surface area contributed by atoms with Crippen molar-refractivity contribution < 1.29 is 4.74 Å². The molecule has 6 heteroatoms. The van der Waals surface area contributed by atoms with Gasteiger partial charge in [-0.2, -0.15) is 0 Å². The Hall–Kier alpha value is -3.57. The Morgan fingerprint density at radius 3 is 2.66 bits per heavy atom. The zero-order valence-corrected chi connectivity index (χ0v) is 20.8. The average molecular weight is 485 g/mol. The van der Waals surface area contributed by atoms with Gasteiger partial charge in [-0.25, -0.2) is 9.97 Å². The molecule has 1 aromatic heterocycles. The Labute approximate surface area is 211 Å². The molecule has 2 N–H and O–H groups in total. The summed E-state index contributed by atoms with van der Waals surface area (Å²) in [5.74, 6) is 2.23. The highest BCUT2D eigenvalue weighted by atomic mass is 35.5. The number of benzene rings is 3. The molecule has 0 radical (unpaired) electrons. The molecule has 1 aliphatic rings. The molecule has 2 heterocycles. The van der Waals surface area contributed by atoms with Crippen LogP contribution in [0.15, 0.2) is 73.1 Å². The molecule has 0 saturated carbocycles. The first kappa shape index (κ1) is 23.2. The average Bonchev–Trinajstić information content (AvgIpc) is 2.84. The number of nitrogen functional groups attached to an aromatic ring is 1. The molecule has 4 aromatic rings. The summed E-state index contributed by atoms with van der Waals surface area (Å²) < 4.78 is 6.02. The molecular weight excluding hydrogens is 456 g/mol. The molecule has 0 spiro atoms. The van der Waals surface area contributed by atoms with E-state index in [0.717, 1.165) is 64.0 Å². The van der Waals surface area contributed by atoms with Crippen molar-refractivity contribution in [3.05, 3.63) is 94.8 Å². The molecular formula is C29H29ClN4O. The molecule has 0 fully saturated rings. The molecule has 3 aromatic carbocycles. The van der Waals surface area contributed by atoms with Crippen molar-refractivity contribution in [2.75, 3.05) is 17.2 Å². The Morgan fingerprint density at radius 2 is 1.83 bits per heavy atom. The van der Waals surface area contributed by atoms with Crippen LogP contribution in [-0.4, -0.2) is 22.6 Å². The summed E-state index contributed by atoms with van der Waals surface area (Å²) in [6.45, 7) is 5.75. The molecule has 5 nitrogen and oxygen atoms in total. The molecule has 0 saturated heterocycles. The third-order valence-electron chi connectivity index (χ3n) is 6.45. The van der Waals surface area contributed by atoms with Crippen molar-refractivity contribution >= 4 is 39.6 Å². The number of rotatable bonds is 5. The zero-order chi connectivity index (χ0) is 24.4. The van der Waals surface area contributed by atoms with Crippen LogP contribution in [0.4, 0.5) is 11.6 Å². The molecule has 0 atom stereocenters. The van der Waals surface area contributed by atoms with Gasteiger partial charge in [0.2, 0.25) is 0 Å². The van der Waals surface area contributed by atoms with Crippen LogP contribution in [0.3, 0.4) is 0 Å². The second kappa shape index (κ2) is 9.96. The lowest BCUT2D eigenvalue weighted by Crippen LogP contribution is -2.34. The maximum absolute atomic E-state index is 6.43. The van der Waals surface area contributed by atoms with Crippen LogP contribution < -0.4 is 15.4 Å². The zero-order valence-electron chi connectivity index (χ0n) is 20.0. The van der Waals surface area contributed by atoms with Crippen molar-refractivity contribution in [1.82, 2.24) is 9.97 Å². The fraction of sp³-hybridized carbons (Fsp3) is 0.241. The number of nitrogens with two attached hydrogens (primary N) is 1. The molecule has 0 unspecified atom stereocenters. The molecule has 1 aliphatic heterocycles. The highest BCUT2D eigenvalue weighted by Crippen LogP contribution is 2.37. The number of hydrogen-bond donors (Lipinski definition) is 1. The van der Waals surface area contributed by atoms with Gasteiger partial charge in [0, 0.05) is 23.2 Å². The summed E-state index contributed by atoms with van der Waals surface area (Å²) in [5.41, 5.74) is 10.5. The third-order valence-corrected chi connectivity index (χ3v) is 6.82. The van der Waals surface area contributed by atoms with Crippen molar-refractivity contribution in [3.8, 4) is 5.75 Å². The van der Waals surface area contributed by atoms with E-state index in [0.29, 0.717) is 23.5 Å². The number of allylic oxidation sites excluding steroid dienone is 1. The standard InChI is InChI=1S/C29H29ClN4O/c1-19(2)34-14-6-5-8-25(27-28(31)32-18-33-29(27)34)22-11-10-21-16-24(13-12-20(21)15-22)35-17-23-7-3-4-9-26(23)30/h3-4,7-13,15-16,18-19H,5-6,14,17H2,1-2H3,(H2,31,32,33). The van der Waals surface area contributed by atoms with E-state index < -0.39 is 0 Å². The van der Waals surface area contributed by atoms with Crippen molar-refractivity contribution in [3.63, 3.8) is 0 Å². The van der Waals surface area contributed by atoms with Gasteiger partial charge in [-0.3, -0.25) is 0 Å². The van der Waals surface area contributed by atoms with E-state index in [4.69, 9.17) is 22.1 Å². The molecule has 0 aliphatic carbocycles. The van der Waals surface area contributed by atoms with Crippen LogP contribution in [0.1, 0.15) is 43.4 Å². The summed E-state index contributed by atoms with van der Waals surface area (Å²) in [7, 11) is 0. The lowest BCUT2D eigenvalue weighted by Gasteiger charge is -2.31. The summed E-state index contributed by atoms with van der Waals surface area (Å²) in [4.78, 5) is 11.3. The second-order valence-corrected chi connectivity index (χ2v) is 9.52. The van der Waals surface area contributed by atoms with Crippen LogP contribution in [-0.2, 0) is 6.61 Å². The van der Waals surface area contributed by atoms with Crippen LogP contribution in [0.25, 0.3) is 16.3 Å². The molecule has 178 valence electrons. The smallest absolute Gasteiger partial charge is 0.142 e. The first-order valence-electron chi connectivity index (χ1n) is 12.0. The quantitative estimate of drug-likeness (QED) is 0.334. The highest BCUT2D eigenvalue weighted by molar-refractivity contribution is 6.31. The van der Waals surface area contributed by atoms with Gasteiger partial charge in [0.25, 0.3) is 0 Å². The first-order chi connectivity index (χ1) is 17.0. The maximum Gasteiger partial charge on any atom is 0.142 e. The van der Waals surface area contributed by atoms with E-state index in [9.17, 15) is 0 Å². The van der Waals surface area contributed by atoms with Gasteiger partial charge in [0.1, 0.15) is 30.3 Å². The summed E-state index contributed by atoms with van der Waals surface area (Å²) in [6, 6.07) is 20.7. The topological polar surface area (TPSA) is 64.3 Å². The Kier molecular flexibility index (Phi) is 6.60. The summed E-state index contributed by atoms with van der Waals surface area (Å²) in [6.07, 6.45) is 5.87. The SMILES string of the molecule is CC(C)N1CCCC=C(c2ccc3cc(OCc4ccccc4Cl)ccc3c2)c2c(N)ncnc21. The Balaban J connectivity index is 1.48. The van der Waals surface area contributed by atoms with Crippen molar-refractivity contribution in [2.24, 2.45) is 0 Å². The van der Waals surface area contributed by atoms with Gasteiger partial charge in [0.15, 0.2) is 0 Å². The fourth-order valence-electron chi connectivity index (χ4n) is 4.60. The monoisotopic (exact) mass is 484 g/mol. The number of aromatic nitrogens is 2. The third kappa shape index (κ3) is 4.82. The predicted octanol–water partition coefficient (Wildman–Crippen LogP) is 6.88. The van der Waals surface area contributed by atoms with E-state index in [1.165, 1.54) is 0 Å². The van der Waals surface area contributed by atoms with E-state index in [2.05, 4.69) is 65.1 Å². The van der Waals surface area contributed by atoms with E-state index >= 15 is 0 Å². The lowest BCUT2D eigenvalue weighted by atomic mass is 9.93. The van der Waals surface area contributed by atoms with Crippen LogP contribution >= 0.6 is 11.6 Å². The van der Waals surface area contributed by atoms with Gasteiger partial charge in [-0.05, 0) is 72.9 Å². The largest absolute Gasteiger partial charge is 0.489 e. The molecule has 0 amide bonds. The maximum atomic E-state index is 6.43. The number of ether oxygens (including phenoxy) is 1. The minimum atomic E-state index is 0.322. The predicted molar refractivity (Wildman–Crippen MR) is 145 cm³/mol. The Morgan fingerprint density at radius 1 is 1.03 bits per heavy atom. The van der Waals surface area contributed by atoms with E-state index in [-0.39, 0.29) is 0 Å². The van der Waals surface area contributed by atoms with E-state index in [1.807, 2.05) is 30.3 Å². The molecule has 0 bridgehead atoms. The van der Waals surface area contributed by atoms with Crippen LogP contribution in [0.2, 0.25) is 5.02 Å². The summed E-state index contributed by atoms with van der Waals surface area (Å²) >= 11 is 6.27. The fourth-order valence-corrected chi connectivity index (χ4v) is 4.79. The van der Waals surface area contributed by atoms with Crippen molar-refractivity contribution in [2.45, 2.75) is 39.3 Å². The number of halogens is 1.